The molecular formula is C16H18FN3O. The highest BCUT2D eigenvalue weighted by Gasteiger charge is 2.21. The lowest BCUT2D eigenvalue weighted by molar-refractivity contribution is 0.0734. The molecule has 0 aliphatic heterocycles. The number of halogens is 1. The highest BCUT2D eigenvalue weighted by Crippen LogP contribution is 2.22. The fourth-order valence-electron chi connectivity index (χ4n) is 2.05. The van der Waals surface area contributed by atoms with Crippen molar-refractivity contribution in [1.29, 1.82) is 0 Å². The summed E-state index contributed by atoms with van der Waals surface area (Å²) >= 11 is 0. The molecule has 0 aliphatic rings. The van der Waals surface area contributed by atoms with Gasteiger partial charge in [-0.1, -0.05) is 18.2 Å². The summed E-state index contributed by atoms with van der Waals surface area (Å²) in [7, 11) is 3.43. The Hall–Kier alpha value is -2.43. The molecule has 1 N–H and O–H groups in total. The van der Waals surface area contributed by atoms with Crippen molar-refractivity contribution < 1.29 is 9.18 Å². The predicted octanol–water partition coefficient (Wildman–Crippen LogP) is 3.10. The quantitative estimate of drug-likeness (QED) is 0.940. The highest BCUT2D eigenvalue weighted by atomic mass is 19.1. The molecule has 0 radical (unpaired) electrons. The van der Waals surface area contributed by atoms with Crippen molar-refractivity contribution in [2.45, 2.75) is 13.0 Å². The van der Waals surface area contributed by atoms with Crippen LogP contribution in [0.25, 0.3) is 0 Å². The van der Waals surface area contributed by atoms with Gasteiger partial charge in [0.05, 0.1) is 17.9 Å². The molecule has 0 saturated carbocycles. The molecular weight excluding hydrogens is 269 g/mol. The summed E-state index contributed by atoms with van der Waals surface area (Å²) in [4.78, 5) is 18.0. The number of nitrogens with one attached hydrogen (secondary N) is 1. The van der Waals surface area contributed by atoms with E-state index in [4.69, 9.17) is 0 Å². The molecule has 21 heavy (non-hydrogen) atoms. The first kappa shape index (κ1) is 15.0. The van der Waals surface area contributed by atoms with Crippen LogP contribution in [0.15, 0.2) is 42.6 Å². The Bertz CT molecular complexity index is 628. The second-order valence-corrected chi connectivity index (χ2v) is 4.80. The molecule has 1 atom stereocenters. The van der Waals surface area contributed by atoms with E-state index >= 15 is 0 Å². The lowest BCUT2D eigenvalue weighted by atomic mass is 10.1. The number of carbonyl (C=O) groups is 1. The first-order valence-corrected chi connectivity index (χ1v) is 6.70. The van der Waals surface area contributed by atoms with E-state index < -0.39 is 0 Å². The minimum Gasteiger partial charge on any atom is -0.387 e. The van der Waals surface area contributed by atoms with E-state index in [9.17, 15) is 9.18 Å². The van der Waals surface area contributed by atoms with Crippen molar-refractivity contribution in [2.75, 3.05) is 19.4 Å². The second-order valence-electron chi connectivity index (χ2n) is 4.80. The van der Waals surface area contributed by atoms with Crippen LogP contribution < -0.4 is 5.32 Å². The van der Waals surface area contributed by atoms with Crippen LogP contribution in [0.3, 0.4) is 0 Å². The summed E-state index contributed by atoms with van der Waals surface area (Å²) in [6, 6.07) is 9.52. The van der Waals surface area contributed by atoms with Gasteiger partial charge >= 0.3 is 0 Å². The molecule has 1 unspecified atom stereocenters. The lowest BCUT2D eigenvalue weighted by Crippen LogP contribution is -2.30. The fraction of sp³-hybridized carbons (Fsp3) is 0.250. The zero-order valence-corrected chi connectivity index (χ0v) is 12.3. The molecule has 0 bridgehead atoms. The zero-order valence-electron chi connectivity index (χ0n) is 12.3. The van der Waals surface area contributed by atoms with Crippen molar-refractivity contribution in [1.82, 2.24) is 9.88 Å². The Kier molecular flexibility index (Phi) is 4.52. The summed E-state index contributed by atoms with van der Waals surface area (Å²) in [5.41, 5.74) is 1.65. The second kappa shape index (κ2) is 6.35. The van der Waals surface area contributed by atoms with Crippen LogP contribution in [0.1, 0.15) is 29.0 Å². The first-order chi connectivity index (χ1) is 10.0. The average molecular weight is 287 g/mol. The van der Waals surface area contributed by atoms with E-state index in [2.05, 4.69) is 10.3 Å². The van der Waals surface area contributed by atoms with E-state index in [1.54, 1.807) is 57.5 Å². The molecule has 1 aromatic heterocycles. The van der Waals surface area contributed by atoms with E-state index in [0.29, 0.717) is 11.3 Å². The third-order valence-electron chi connectivity index (χ3n) is 3.53. The molecule has 1 heterocycles. The number of benzene rings is 1. The predicted molar refractivity (Wildman–Crippen MR) is 80.7 cm³/mol. The van der Waals surface area contributed by atoms with E-state index in [0.717, 1.165) is 5.69 Å². The van der Waals surface area contributed by atoms with Gasteiger partial charge in [0.1, 0.15) is 11.5 Å². The van der Waals surface area contributed by atoms with E-state index in [1.807, 2.05) is 0 Å². The van der Waals surface area contributed by atoms with Crippen LogP contribution in [-0.2, 0) is 0 Å². The number of pyridine rings is 1. The van der Waals surface area contributed by atoms with Crippen LogP contribution in [0.5, 0.6) is 0 Å². The number of carbonyl (C=O) groups excluding carboxylic acids is 1. The number of amides is 1. The third-order valence-corrected chi connectivity index (χ3v) is 3.53. The minimum absolute atomic E-state index is 0.242. The van der Waals surface area contributed by atoms with Gasteiger partial charge in [-0.15, -0.1) is 0 Å². The molecule has 2 aromatic rings. The van der Waals surface area contributed by atoms with Crippen molar-refractivity contribution >= 4 is 11.6 Å². The van der Waals surface area contributed by atoms with Gasteiger partial charge in [-0.25, -0.2) is 9.37 Å². The van der Waals surface area contributed by atoms with Gasteiger partial charge in [0, 0.05) is 19.7 Å². The van der Waals surface area contributed by atoms with Crippen LogP contribution in [0.4, 0.5) is 10.1 Å². The summed E-state index contributed by atoms with van der Waals surface area (Å²) in [5.74, 6) is -0.559. The molecule has 4 nitrogen and oxygen atoms in total. The topological polar surface area (TPSA) is 45.2 Å². The highest BCUT2D eigenvalue weighted by molar-refractivity contribution is 5.92. The van der Waals surface area contributed by atoms with E-state index in [-0.39, 0.29) is 17.8 Å². The molecule has 1 aromatic carbocycles. The maximum Gasteiger partial charge on any atom is 0.272 e. The Morgan fingerprint density at radius 3 is 2.57 bits per heavy atom. The lowest BCUT2D eigenvalue weighted by Gasteiger charge is -2.25. The number of anilines is 1. The maximum absolute atomic E-state index is 13.8. The molecule has 110 valence electrons. The van der Waals surface area contributed by atoms with Gasteiger partial charge in [0.25, 0.3) is 5.91 Å². The molecule has 0 aliphatic carbocycles. The Morgan fingerprint density at radius 1 is 1.29 bits per heavy atom. The number of rotatable bonds is 4. The van der Waals surface area contributed by atoms with Gasteiger partial charge in [0.2, 0.25) is 0 Å². The van der Waals surface area contributed by atoms with E-state index in [1.165, 1.54) is 11.0 Å². The monoisotopic (exact) mass is 287 g/mol. The van der Waals surface area contributed by atoms with Crippen molar-refractivity contribution in [2.24, 2.45) is 0 Å². The molecule has 0 fully saturated rings. The van der Waals surface area contributed by atoms with Crippen LogP contribution >= 0.6 is 0 Å². The van der Waals surface area contributed by atoms with Crippen LogP contribution in [0, 0.1) is 5.82 Å². The smallest absolute Gasteiger partial charge is 0.272 e. The third kappa shape index (κ3) is 3.18. The summed E-state index contributed by atoms with van der Waals surface area (Å²) in [6.45, 7) is 1.79. The maximum atomic E-state index is 13.8. The Labute approximate surface area is 123 Å². The molecule has 1 amide bonds. The Balaban J connectivity index is 2.20. The number of aromatic nitrogens is 1. The largest absolute Gasteiger partial charge is 0.387 e. The summed E-state index contributed by atoms with van der Waals surface area (Å²) in [5, 5.41) is 2.94. The standard InChI is InChI=1S/C16H18FN3O/c1-11(13-6-4-5-7-14(13)17)20(3)16(21)15-9-8-12(18-2)10-19-15/h4-11,18H,1-3H3. The summed E-state index contributed by atoms with van der Waals surface area (Å²) in [6.07, 6.45) is 1.59. The molecule has 2 rings (SSSR count). The number of nitrogens with zero attached hydrogens (tertiary/aromatic N) is 2. The Morgan fingerprint density at radius 2 is 2.00 bits per heavy atom. The fourth-order valence-corrected chi connectivity index (χ4v) is 2.05. The van der Waals surface area contributed by atoms with Gasteiger partial charge < -0.3 is 10.2 Å². The molecule has 0 saturated heterocycles. The number of hydrogen-bond donors (Lipinski definition) is 1. The van der Waals surface area contributed by atoms with Crippen molar-refractivity contribution in [3.8, 4) is 0 Å². The average Bonchev–Trinajstić information content (AvgIpc) is 2.53. The number of hydrogen-bond acceptors (Lipinski definition) is 3. The van der Waals surface area contributed by atoms with Crippen LogP contribution in [0.2, 0.25) is 0 Å². The molecule has 5 heteroatoms. The SMILES string of the molecule is CNc1ccc(C(=O)N(C)C(C)c2ccccc2F)nc1. The first-order valence-electron chi connectivity index (χ1n) is 6.70. The van der Waals surface area contributed by atoms with Gasteiger partial charge in [-0.2, -0.15) is 0 Å². The van der Waals surface area contributed by atoms with Crippen molar-refractivity contribution in [3.05, 3.63) is 59.7 Å². The van der Waals surface area contributed by atoms with Crippen LogP contribution in [-0.4, -0.2) is 29.9 Å². The summed E-state index contributed by atoms with van der Waals surface area (Å²) < 4.78 is 13.8. The molecule has 0 spiro atoms. The van der Waals surface area contributed by atoms with Gasteiger partial charge in [-0.05, 0) is 25.1 Å². The van der Waals surface area contributed by atoms with Gasteiger partial charge in [0.15, 0.2) is 0 Å². The zero-order chi connectivity index (χ0) is 15.4. The van der Waals surface area contributed by atoms with Gasteiger partial charge in [-0.3, -0.25) is 4.79 Å². The normalized spacial score (nSPS) is 11.8. The van der Waals surface area contributed by atoms with Crippen molar-refractivity contribution in [3.63, 3.8) is 0 Å². The minimum atomic E-state index is -0.371.